The first-order chi connectivity index (χ1) is 10.6. The van der Waals surface area contributed by atoms with E-state index in [1.54, 1.807) is 0 Å². The van der Waals surface area contributed by atoms with Gasteiger partial charge < -0.3 is 15.5 Å². The SMILES string of the molecule is CNCC(C)C(=O)N1CCC(C(=O)Nc2ccccc2)CC1.Cl. The summed E-state index contributed by atoms with van der Waals surface area (Å²) in [5.74, 6) is 0.210. The Morgan fingerprint density at radius 2 is 1.83 bits per heavy atom. The summed E-state index contributed by atoms with van der Waals surface area (Å²) in [6.07, 6.45) is 1.47. The molecule has 2 rings (SSSR count). The van der Waals surface area contributed by atoms with Crippen LogP contribution in [0.3, 0.4) is 0 Å². The van der Waals surface area contributed by atoms with Crippen LogP contribution in [0.4, 0.5) is 5.69 Å². The number of para-hydroxylation sites is 1. The zero-order valence-corrected chi connectivity index (χ0v) is 14.6. The van der Waals surface area contributed by atoms with E-state index in [2.05, 4.69) is 10.6 Å². The van der Waals surface area contributed by atoms with Gasteiger partial charge >= 0.3 is 0 Å². The lowest BCUT2D eigenvalue weighted by Crippen LogP contribution is -2.45. The zero-order valence-electron chi connectivity index (χ0n) is 13.7. The van der Waals surface area contributed by atoms with Gasteiger partial charge in [0, 0.05) is 37.2 Å². The number of benzene rings is 1. The summed E-state index contributed by atoms with van der Waals surface area (Å²) in [6.45, 7) is 3.96. The fourth-order valence-electron chi connectivity index (χ4n) is 2.83. The summed E-state index contributed by atoms with van der Waals surface area (Å²) in [7, 11) is 1.85. The first-order valence-electron chi connectivity index (χ1n) is 7.91. The number of carbonyl (C=O) groups excluding carboxylic acids is 2. The quantitative estimate of drug-likeness (QED) is 0.864. The molecule has 1 aliphatic heterocycles. The fraction of sp³-hybridized carbons (Fsp3) is 0.529. The van der Waals surface area contributed by atoms with Gasteiger partial charge in [0.15, 0.2) is 0 Å². The second kappa shape index (κ2) is 9.53. The average Bonchev–Trinajstić information content (AvgIpc) is 2.55. The number of nitrogens with one attached hydrogen (secondary N) is 2. The van der Waals surface area contributed by atoms with Crippen molar-refractivity contribution in [2.24, 2.45) is 11.8 Å². The smallest absolute Gasteiger partial charge is 0.227 e. The van der Waals surface area contributed by atoms with Crippen LogP contribution in [0.2, 0.25) is 0 Å². The standard InChI is InChI=1S/C17H25N3O2.ClH/c1-13(12-18-2)17(22)20-10-8-14(9-11-20)16(21)19-15-6-4-3-5-7-15;/h3-7,13-14,18H,8-12H2,1-2H3,(H,19,21);1H. The molecular weight excluding hydrogens is 314 g/mol. The van der Waals surface area contributed by atoms with Crippen LogP contribution in [0.25, 0.3) is 0 Å². The van der Waals surface area contributed by atoms with E-state index in [1.807, 2.05) is 49.2 Å². The lowest BCUT2D eigenvalue weighted by atomic mass is 9.95. The largest absolute Gasteiger partial charge is 0.342 e. The van der Waals surface area contributed by atoms with Crippen molar-refractivity contribution < 1.29 is 9.59 Å². The van der Waals surface area contributed by atoms with E-state index in [0.29, 0.717) is 19.6 Å². The minimum absolute atomic E-state index is 0. The van der Waals surface area contributed by atoms with Crippen LogP contribution in [-0.4, -0.2) is 43.4 Å². The predicted molar refractivity (Wildman–Crippen MR) is 94.7 cm³/mol. The first-order valence-corrected chi connectivity index (χ1v) is 7.91. The first kappa shape index (κ1) is 19.5. The Morgan fingerprint density at radius 1 is 1.22 bits per heavy atom. The normalized spacial score (nSPS) is 16.3. The summed E-state index contributed by atoms with van der Waals surface area (Å²) >= 11 is 0. The molecule has 1 aromatic carbocycles. The van der Waals surface area contributed by atoms with Crippen LogP contribution >= 0.6 is 12.4 Å². The molecule has 6 heteroatoms. The van der Waals surface area contributed by atoms with E-state index in [9.17, 15) is 9.59 Å². The number of amides is 2. The van der Waals surface area contributed by atoms with Gasteiger partial charge in [0.1, 0.15) is 0 Å². The van der Waals surface area contributed by atoms with Crippen LogP contribution < -0.4 is 10.6 Å². The second-order valence-electron chi connectivity index (χ2n) is 5.91. The third-order valence-corrected chi connectivity index (χ3v) is 4.15. The highest BCUT2D eigenvalue weighted by atomic mass is 35.5. The van der Waals surface area contributed by atoms with Crippen molar-refractivity contribution >= 4 is 29.9 Å². The minimum Gasteiger partial charge on any atom is -0.342 e. The van der Waals surface area contributed by atoms with Gasteiger partial charge in [-0.1, -0.05) is 25.1 Å². The van der Waals surface area contributed by atoms with Crippen LogP contribution in [0.1, 0.15) is 19.8 Å². The van der Waals surface area contributed by atoms with Crippen molar-refractivity contribution in [2.45, 2.75) is 19.8 Å². The number of halogens is 1. The van der Waals surface area contributed by atoms with E-state index >= 15 is 0 Å². The molecule has 1 unspecified atom stereocenters. The Bertz CT molecular complexity index is 502. The Labute approximate surface area is 144 Å². The maximum Gasteiger partial charge on any atom is 0.227 e. The number of likely N-dealkylation sites (tertiary alicyclic amines) is 1. The van der Waals surface area contributed by atoms with Crippen molar-refractivity contribution in [3.05, 3.63) is 30.3 Å². The Balaban J connectivity index is 0.00000264. The molecule has 1 aromatic rings. The molecule has 1 aliphatic rings. The second-order valence-corrected chi connectivity index (χ2v) is 5.91. The predicted octanol–water partition coefficient (Wildman–Crippen LogP) is 2.14. The van der Waals surface area contributed by atoms with Crippen LogP contribution in [-0.2, 0) is 9.59 Å². The van der Waals surface area contributed by atoms with Crippen molar-refractivity contribution in [1.29, 1.82) is 0 Å². The summed E-state index contributed by atoms with van der Waals surface area (Å²) in [6, 6.07) is 9.50. The number of hydrogen-bond donors (Lipinski definition) is 2. The number of hydrogen-bond acceptors (Lipinski definition) is 3. The van der Waals surface area contributed by atoms with Gasteiger partial charge in [-0.3, -0.25) is 9.59 Å². The third-order valence-electron chi connectivity index (χ3n) is 4.15. The fourth-order valence-corrected chi connectivity index (χ4v) is 2.83. The number of piperidine rings is 1. The summed E-state index contributed by atoms with van der Waals surface area (Å²) < 4.78 is 0. The van der Waals surface area contributed by atoms with E-state index in [4.69, 9.17) is 0 Å². The van der Waals surface area contributed by atoms with Gasteiger partial charge in [0.25, 0.3) is 0 Å². The highest BCUT2D eigenvalue weighted by Crippen LogP contribution is 2.20. The van der Waals surface area contributed by atoms with Crippen molar-refractivity contribution in [1.82, 2.24) is 10.2 Å². The molecule has 0 aliphatic carbocycles. The number of rotatable bonds is 5. The monoisotopic (exact) mass is 339 g/mol. The van der Waals surface area contributed by atoms with Crippen LogP contribution in [0.5, 0.6) is 0 Å². The molecule has 5 nitrogen and oxygen atoms in total. The Kier molecular flexibility index (Phi) is 8.06. The summed E-state index contributed by atoms with van der Waals surface area (Å²) in [5, 5.41) is 5.98. The number of anilines is 1. The molecule has 1 heterocycles. The van der Waals surface area contributed by atoms with Crippen LogP contribution in [0, 0.1) is 11.8 Å². The Morgan fingerprint density at radius 3 is 2.39 bits per heavy atom. The molecule has 0 spiro atoms. The maximum absolute atomic E-state index is 12.3. The topological polar surface area (TPSA) is 61.4 Å². The highest BCUT2D eigenvalue weighted by Gasteiger charge is 2.29. The van der Waals surface area contributed by atoms with Gasteiger partial charge in [-0.2, -0.15) is 0 Å². The van der Waals surface area contributed by atoms with E-state index in [1.165, 1.54) is 0 Å². The molecule has 0 aromatic heterocycles. The van der Waals surface area contributed by atoms with Crippen molar-refractivity contribution in [2.75, 3.05) is 32.0 Å². The van der Waals surface area contributed by atoms with Crippen molar-refractivity contribution in [3.63, 3.8) is 0 Å². The number of nitrogens with zero attached hydrogens (tertiary/aromatic N) is 1. The molecule has 0 radical (unpaired) electrons. The van der Waals surface area contributed by atoms with Gasteiger partial charge in [-0.25, -0.2) is 0 Å². The molecule has 2 N–H and O–H groups in total. The average molecular weight is 340 g/mol. The molecule has 1 fully saturated rings. The van der Waals surface area contributed by atoms with Gasteiger partial charge in [-0.15, -0.1) is 12.4 Å². The van der Waals surface area contributed by atoms with E-state index < -0.39 is 0 Å². The molecular formula is C17H26ClN3O2. The lowest BCUT2D eigenvalue weighted by molar-refractivity contribution is -0.137. The third kappa shape index (κ3) is 5.52. The van der Waals surface area contributed by atoms with E-state index in [-0.39, 0.29) is 36.1 Å². The van der Waals surface area contributed by atoms with Crippen LogP contribution in [0.15, 0.2) is 30.3 Å². The molecule has 0 saturated carbocycles. The van der Waals surface area contributed by atoms with Gasteiger partial charge in [0.2, 0.25) is 11.8 Å². The zero-order chi connectivity index (χ0) is 15.9. The molecule has 1 saturated heterocycles. The van der Waals surface area contributed by atoms with Gasteiger partial charge in [-0.05, 0) is 32.0 Å². The number of carbonyl (C=O) groups is 2. The molecule has 128 valence electrons. The maximum atomic E-state index is 12.3. The minimum atomic E-state index is -0.0142. The Hall–Kier alpha value is -1.59. The molecule has 1 atom stereocenters. The lowest BCUT2D eigenvalue weighted by Gasteiger charge is -2.33. The summed E-state index contributed by atoms with van der Waals surface area (Å²) in [4.78, 5) is 26.4. The van der Waals surface area contributed by atoms with Crippen molar-refractivity contribution in [3.8, 4) is 0 Å². The molecule has 2 amide bonds. The van der Waals surface area contributed by atoms with E-state index in [0.717, 1.165) is 18.5 Å². The summed E-state index contributed by atoms with van der Waals surface area (Å²) in [5.41, 5.74) is 0.827. The van der Waals surface area contributed by atoms with Gasteiger partial charge in [0.05, 0.1) is 0 Å². The molecule has 0 bridgehead atoms. The molecule has 23 heavy (non-hydrogen) atoms. The highest BCUT2D eigenvalue weighted by molar-refractivity contribution is 5.92.